The van der Waals surface area contributed by atoms with Crippen LogP contribution in [-0.4, -0.2) is 59.3 Å². The second kappa shape index (κ2) is 9.71. The molecule has 5 rings (SSSR count). The number of carbonyl (C=O) groups is 2. The van der Waals surface area contributed by atoms with Crippen molar-refractivity contribution in [3.8, 4) is 0 Å². The van der Waals surface area contributed by atoms with Crippen LogP contribution in [0.25, 0.3) is 11.2 Å². The summed E-state index contributed by atoms with van der Waals surface area (Å²) in [6.07, 6.45) is 7.95. The summed E-state index contributed by atoms with van der Waals surface area (Å²) < 4.78 is 1.91. The van der Waals surface area contributed by atoms with Crippen LogP contribution in [0.15, 0.2) is 49.2 Å². The first-order valence-electron chi connectivity index (χ1n) is 11.2. The van der Waals surface area contributed by atoms with Gasteiger partial charge in [-0.25, -0.2) is 9.97 Å². The molecule has 178 valence electrons. The number of imidazole rings is 1. The third kappa shape index (κ3) is 5.16. The number of rotatable bonds is 8. The summed E-state index contributed by atoms with van der Waals surface area (Å²) in [7, 11) is 0. The van der Waals surface area contributed by atoms with Crippen LogP contribution < -0.4 is 16.0 Å². The first-order chi connectivity index (χ1) is 17.0. The van der Waals surface area contributed by atoms with Gasteiger partial charge in [-0.3, -0.25) is 14.6 Å². The number of benzene rings is 1. The minimum Gasteiger partial charge on any atom is -0.341 e. The molecular weight excluding hydrogens is 448 g/mol. The number of fused-ring (bicyclic) bond motifs is 1. The Kier molecular flexibility index (Phi) is 6.16. The van der Waals surface area contributed by atoms with E-state index in [-0.39, 0.29) is 11.8 Å². The topological polar surface area (TPSA) is 143 Å². The first kappa shape index (κ1) is 22.2. The summed E-state index contributed by atoms with van der Waals surface area (Å²) >= 11 is 0. The predicted octanol–water partition coefficient (Wildman–Crippen LogP) is 2.68. The lowest BCUT2D eigenvalue weighted by atomic mass is 10.2. The molecule has 0 saturated carbocycles. The Morgan fingerprint density at radius 3 is 2.57 bits per heavy atom. The second-order valence-electron chi connectivity index (χ2n) is 8.09. The van der Waals surface area contributed by atoms with Gasteiger partial charge in [0.2, 0.25) is 17.8 Å². The molecule has 4 heterocycles. The molecule has 1 aliphatic heterocycles. The molecule has 1 saturated heterocycles. The van der Waals surface area contributed by atoms with Crippen molar-refractivity contribution in [2.45, 2.75) is 26.3 Å². The molecule has 12 heteroatoms. The van der Waals surface area contributed by atoms with Gasteiger partial charge < -0.3 is 25.4 Å². The molecule has 0 atom stereocenters. The molecule has 3 N–H and O–H groups in total. The van der Waals surface area contributed by atoms with E-state index in [1.807, 2.05) is 21.6 Å². The second-order valence-corrected chi connectivity index (χ2v) is 8.09. The SMILES string of the molecule is CC(=O)Nc1ccc(Nc2nc(Nc3cnccn3)nc3c2ncn3CCN2CCCC2=O)cc1. The number of likely N-dealkylation sites (tertiary alicyclic amines) is 1. The predicted molar refractivity (Wildman–Crippen MR) is 130 cm³/mol. The Bertz CT molecular complexity index is 1350. The van der Waals surface area contributed by atoms with Crippen LogP contribution in [0.5, 0.6) is 0 Å². The van der Waals surface area contributed by atoms with E-state index in [0.29, 0.717) is 53.9 Å². The Morgan fingerprint density at radius 1 is 1.03 bits per heavy atom. The molecule has 12 nitrogen and oxygen atoms in total. The Hall–Kier alpha value is -4.61. The van der Waals surface area contributed by atoms with Crippen molar-refractivity contribution in [1.29, 1.82) is 0 Å². The highest BCUT2D eigenvalue weighted by molar-refractivity contribution is 5.89. The molecule has 2 amide bonds. The lowest BCUT2D eigenvalue weighted by molar-refractivity contribution is -0.127. The lowest BCUT2D eigenvalue weighted by Gasteiger charge is -2.16. The Labute approximate surface area is 200 Å². The fourth-order valence-electron chi connectivity index (χ4n) is 3.87. The van der Waals surface area contributed by atoms with Gasteiger partial charge in [0.1, 0.15) is 0 Å². The van der Waals surface area contributed by atoms with E-state index in [0.717, 1.165) is 18.7 Å². The van der Waals surface area contributed by atoms with Gasteiger partial charge in [-0.2, -0.15) is 9.97 Å². The molecule has 3 aromatic heterocycles. The van der Waals surface area contributed by atoms with Gasteiger partial charge in [-0.05, 0) is 30.7 Å². The number of hydrogen-bond donors (Lipinski definition) is 3. The molecule has 0 aliphatic carbocycles. The summed E-state index contributed by atoms with van der Waals surface area (Å²) in [6.45, 7) is 3.40. The molecule has 1 aliphatic rings. The van der Waals surface area contributed by atoms with Crippen LogP contribution in [0.3, 0.4) is 0 Å². The molecule has 0 unspecified atom stereocenters. The zero-order valence-corrected chi connectivity index (χ0v) is 19.1. The normalized spacial score (nSPS) is 13.3. The zero-order chi connectivity index (χ0) is 24.2. The maximum absolute atomic E-state index is 12.0. The molecule has 35 heavy (non-hydrogen) atoms. The summed E-state index contributed by atoms with van der Waals surface area (Å²) in [5.74, 6) is 1.38. The zero-order valence-electron chi connectivity index (χ0n) is 19.1. The minimum atomic E-state index is -0.135. The van der Waals surface area contributed by atoms with E-state index in [1.165, 1.54) is 6.92 Å². The van der Waals surface area contributed by atoms with Crippen molar-refractivity contribution in [3.63, 3.8) is 0 Å². The summed E-state index contributed by atoms with van der Waals surface area (Å²) in [4.78, 5) is 47.3. The molecule has 0 radical (unpaired) electrons. The monoisotopic (exact) mass is 472 g/mol. The van der Waals surface area contributed by atoms with Gasteiger partial charge in [0.15, 0.2) is 22.8 Å². The molecule has 0 bridgehead atoms. The fraction of sp³-hybridized carbons (Fsp3) is 0.261. The number of carbonyl (C=O) groups excluding carboxylic acids is 2. The maximum Gasteiger partial charge on any atom is 0.232 e. The van der Waals surface area contributed by atoms with E-state index in [2.05, 4.69) is 40.9 Å². The maximum atomic E-state index is 12.0. The van der Waals surface area contributed by atoms with Crippen LogP contribution in [0.2, 0.25) is 0 Å². The number of aromatic nitrogens is 6. The number of anilines is 5. The van der Waals surface area contributed by atoms with Crippen LogP contribution >= 0.6 is 0 Å². The van der Waals surface area contributed by atoms with Crippen molar-refractivity contribution >= 4 is 51.9 Å². The van der Waals surface area contributed by atoms with E-state index < -0.39 is 0 Å². The van der Waals surface area contributed by atoms with Crippen LogP contribution in [-0.2, 0) is 16.1 Å². The molecule has 1 fully saturated rings. The highest BCUT2D eigenvalue weighted by Gasteiger charge is 2.21. The van der Waals surface area contributed by atoms with Gasteiger partial charge >= 0.3 is 0 Å². The highest BCUT2D eigenvalue weighted by Crippen LogP contribution is 2.26. The standard InChI is InChI=1S/C23H24N10O2/c1-15(34)27-16-4-6-17(7-5-16)28-21-20-22(31-23(30-21)29-18-13-24-8-9-25-18)33(14-26-20)12-11-32-10-2-3-19(32)35/h4-9,13-14H,2-3,10-12H2,1H3,(H,27,34)(H2,25,28,29,30,31). The smallest absolute Gasteiger partial charge is 0.232 e. The summed E-state index contributed by atoms with van der Waals surface area (Å²) in [5, 5.41) is 9.12. The third-order valence-electron chi connectivity index (χ3n) is 5.52. The van der Waals surface area contributed by atoms with Crippen LogP contribution in [0.1, 0.15) is 19.8 Å². The molecule has 4 aromatic rings. The number of hydrogen-bond acceptors (Lipinski definition) is 9. The van der Waals surface area contributed by atoms with E-state index in [4.69, 9.17) is 0 Å². The van der Waals surface area contributed by atoms with Gasteiger partial charge in [0.25, 0.3) is 0 Å². The van der Waals surface area contributed by atoms with E-state index in [1.54, 1.807) is 37.1 Å². The average Bonchev–Trinajstić information content (AvgIpc) is 3.45. The van der Waals surface area contributed by atoms with Crippen molar-refractivity contribution in [3.05, 3.63) is 49.2 Å². The Balaban J connectivity index is 1.45. The van der Waals surface area contributed by atoms with Gasteiger partial charge in [0.05, 0.1) is 12.5 Å². The molecule has 0 spiro atoms. The average molecular weight is 473 g/mol. The van der Waals surface area contributed by atoms with Crippen molar-refractivity contribution in [1.82, 2.24) is 34.4 Å². The quantitative estimate of drug-likeness (QED) is 0.353. The van der Waals surface area contributed by atoms with Crippen LogP contribution in [0.4, 0.5) is 29.0 Å². The van der Waals surface area contributed by atoms with Crippen molar-refractivity contribution < 1.29 is 9.59 Å². The third-order valence-corrected chi connectivity index (χ3v) is 5.52. The minimum absolute atomic E-state index is 0.135. The van der Waals surface area contributed by atoms with E-state index >= 15 is 0 Å². The number of nitrogens with zero attached hydrogens (tertiary/aromatic N) is 7. The molecular formula is C23H24N10O2. The van der Waals surface area contributed by atoms with E-state index in [9.17, 15) is 9.59 Å². The van der Waals surface area contributed by atoms with Crippen molar-refractivity contribution in [2.75, 3.05) is 29.0 Å². The van der Waals surface area contributed by atoms with Gasteiger partial charge in [-0.15, -0.1) is 0 Å². The lowest BCUT2D eigenvalue weighted by Crippen LogP contribution is -2.28. The van der Waals surface area contributed by atoms with Crippen molar-refractivity contribution in [2.24, 2.45) is 0 Å². The number of amides is 2. The van der Waals surface area contributed by atoms with Gasteiger partial charge in [0, 0.05) is 56.7 Å². The highest BCUT2D eigenvalue weighted by atomic mass is 16.2. The van der Waals surface area contributed by atoms with Crippen LogP contribution in [0, 0.1) is 0 Å². The summed E-state index contributed by atoms with van der Waals surface area (Å²) in [5.41, 5.74) is 2.67. The summed E-state index contributed by atoms with van der Waals surface area (Å²) in [6, 6.07) is 7.27. The first-order valence-corrected chi connectivity index (χ1v) is 11.2. The largest absolute Gasteiger partial charge is 0.341 e. The van der Waals surface area contributed by atoms with Gasteiger partial charge in [-0.1, -0.05) is 0 Å². The number of nitrogens with one attached hydrogen (secondary N) is 3. The Morgan fingerprint density at radius 2 is 1.86 bits per heavy atom. The molecule has 1 aromatic carbocycles. The fourth-order valence-corrected chi connectivity index (χ4v) is 3.87.